The zero-order valence-corrected chi connectivity index (χ0v) is 15.7. The van der Waals surface area contributed by atoms with Crippen LogP contribution in [0.3, 0.4) is 0 Å². The maximum Gasteiger partial charge on any atom is 0.297 e. The van der Waals surface area contributed by atoms with E-state index in [4.69, 9.17) is 4.74 Å². The highest BCUT2D eigenvalue weighted by molar-refractivity contribution is 5.74. The van der Waals surface area contributed by atoms with Crippen molar-refractivity contribution in [3.05, 3.63) is 89.9 Å². The molecule has 154 valence electrons. The first-order valence-corrected chi connectivity index (χ1v) is 8.41. The van der Waals surface area contributed by atoms with Crippen molar-refractivity contribution in [2.75, 3.05) is 0 Å². The van der Waals surface area contributed by atoms with Crippen molar-refractivity contribution in [2.45, 2.75) is 25.7 Å². The van der Waals surface area contributed by atoms with Crippen molar-refractivity contribution in [3.8, 4) is 11.8 Å². The van der Waals surface area contributed by atoms with E-state index in [1.165, 1.54) is 16.8 Å². The number of pyridine rings is 1. The fourth-order valence-corrected chi connectivity index (χ4v) is 2.95. The van der Waals surface area contributed by atoms with Crippen molar-refractivity contribution < 1.29 is 24.6 Å². The molecule has 1 aliphatic rings. The van der Waals surface area contributed by atoms with Crippen LogP contribution in [0.5, 0.6) is 5.75 Å². The molecule has 0 unspecified atom stereocenters. The Labute approximate surface area is 168 Å². The first-order valence-electron chi connectivity index (χ1n) is 8.41. The summed E-state index contributed by atoms with van der Waals surface area (Å²) in [7, 11) is 0. The highest BCUT2D eigenvalue weighted by Gasteiger charge is 2.29. The van der Waals surface area contributed by atoms with Gasteiger partial charge in [-0.3, -0.25) is 19.0 Å². The van der Waals surface area contributed by atoms with Crippen molar-refractivity contribution >= 4 is 5.70 Å². The third-order valence-corrected chi connectivity index (χ3v) is 4.08. The van der Waals surface area contributed by atoms with Gasteiger partial charge in [-0.15, -0.1) is 20.2 Å². The van der Waals surface area contributed by atoms with Crippen LogP contribution in [-0.2, 0) is 9.68 Å². The average molecular weight is 414 g/mol. The lowest BCUT2D eigenvalue weighted by Gasteiger charge is -2.31. The molecular weight excluding hydrogens is 400 g/mol. The van der Waals surface area contributed by atoms with Gasteiger partial charge < -0.3 is 4.74 Å². The Bertz CT molecular complexity index is 1150. The minimum atomic E-state index is -2.02. The van der Waals surface area contributed by atoms with Gasteiger partial charge in [-0.2, -0.15) is 5.26 Å². The number of nitriles is 1. The minimum Gasteiger partial charge on any atom is -0.483 e. The van der Waals surface area contributed by atoms with Crippen LogP contribution in [0.15, 0.2) is 47.4 Å². The summed E-state index contributed by atoms with van der Waals surface area (Å²) in [5, 5.41) is 27.8. The Kier molecular flexibility index (Phi) is 5.12. The molecule has 12 heteroatoms. The van der Waals surface area contributed by atoms with E-state index in [2.05, 4.69) is 9.68 Å². The second-order valence-corrected chi connectivity index (χ2v) is 6.72. The van der Waals surface area contributed by atoms with Crippen LogP contribution in [0.1, 0.15) is 36.8 Å². The molecule has 0 aliphatic carbocycles. The van der Waals surface area contributed by atoms with Crippen molar-refractivity contribution in [1.82, 2.24) is 4.57 Å². The molecule has 0 saturated carbocycles. The summed E-state index contributed by atoms with van der Waals surface area (Å²) in [6.07, 6.45) is 0.929. The third kappa shape index (κ3) is 4.20. The van der Waals surface area contributed by atoms with Gasteiger partial charge in [0.05, 0.1) is 17.3 Å². The maximum absolute atomic E-state index is 12.8. The lowest BCUT2D eigenvalue weighted by molar-refractivity contribution is -0.855. The Hall–Kier alpha value is -4.40. The molecule has 0 bridgehead atoms. The van der Waals surface area contributed by atoms with Gasteiger partial charge in [0.1, 0.15) is 11.4 Å². The molecule has 3 rings (SSSR count). The molecule has 0 fully saturated rings. The second kappa shape index (κ2) is 7.55. The summed E-state index contributed by atoms with van der Waals surface area (Å²) in [4.78, 5) is 42.2. The van der Waals surface area contributed by atoms with Crippen LogP contribution < -0.4 is 10.3 Å². The van der Waals surface area contributed by atoms with Crippen molar-refractivity contribution in [1.29, 1.82) is 5.26 Å². The van der Waals surface area contributed by atoms with Crippen LogP contribution in [-0.4, -0.2) is 20.3 Å². The Morgan fingerprint density at radius 3 is 2.40 bits per heavy atom. The summed E-state index contributed by atoms with van der Waals surface area (Å²) < 4.78 is 7.09. The van der Waals surface area contributed by atoms with Gasteiger partial charge in [-0.05, 0) is 44.2 Å². The van der Waals surface area contributed by atoms with E-state index in [-0.39, 0.29) is 5.56 Å². The minimum absolute atomic E-state index is 0.220. The van der Waals surface area contributed by atoms with E-state index >= 15 is 0 Å². The van der Waals surface area contributed by atoms with Gasteiger partial charge in [-0.1, -0.05) is 0 Å². The standard InChI is InChI=1S/C18H14N4O8/c1-18(2)9-14(13-7-11(10-19)3-4-15(13)28-18)20-6-5-12(8-16(20)23)17(29-21(24)25)30-22(26)27/h3-9,17H,1-2H3. The Balaban J connectivity index is 2.09. The molecule has 0 saturated heterocycles. The van der Waals surface area contributed by atoms with E-state index in [1.807, 2.05) is 6.07 Å². The van der Waals surface area contributed by atoms with Crippen LogP contribution in [0.4, 0.5) is 0 Å². The summed E-state index contributed by atoms with van der Waals surface area (Å²) in [6, 6.07) is 8.92. The van der Waals surface area contributed by atoms with Gasteiger partial charge >= 0.3 is 0 Å². The maximum atomic E-state index is 12.8. The first-order chi connectivity index (χ1) is 14.1. The molecule has 1 aliphatic heterocycles. The topological polar surface area (TPSA) is 160 Å². The monoisotopic (exact) mass is 414 g/mol. The highest BCUT2D eigenvalue weighted by Crippen LogP contribution is 2.37. The van der Waals surface area contributed by atoms with Crippen molar-refractivity contribution in [2.24, 2.45) is 0 Å². The number of hydrogen-bond donors (Lipinski definition) is 0. The van der Waals surface area contributed by atoms with Crippen LogP contribution in [0.2, 0.25) is 0 Å². The first kappa shape index (κ1) is 20.3. The van der Waals surface area contributed by atoms with Gasteiger partial charge in [0, 0.05) is 23.4 Å². The summed E-state index contributed by atoms with van der Waals surface area (Å²) >= 11 is 0. The predicted molar refractivity (Wildman–Crippen MR) is 98.8 cm³/mol. The molecule has 0 N–H and O–H groups in total. The normalized spacial score (nSPS) is 14.0. The van der Waals surface area contributed by atoms with E-state index < -0.39 is 27.6 Å². The number of fused-ring (bicyclic) bond motifs is 1. The molecule has 0 amide bonds. The number of benzene rings is 1. The molecule has 0 spiro atoms. The van der Waals surface area contributed by atoms with E-state index in [1.54, 1.807) is 38.1 Å². The molecular formula is C18H14N4O8. The van der Waals surface area contributed by atoms with Gasteiger partial charge in [0.25, 0.3) is 22.0 Å². The number of hydrogen-bond acceptors (Lipinski definition) is 9. The number of aromatic nitrogens is 1. The quantitative estimate of drug-likeness (QED) is 0.392. The van der Waals surface area contributed by atoms with E-state index in [9.17, 15) is 30.3 Å². The highest BCUT2D eigenvalue weighted by atomic mass is 17.0. The predicted octanol–water partition coefficient (Wildman–Crippen LogP) is 2.20. The van der Waals surface area contributed by atoms with Crippen molar-refractivity contribution in [3.63, 3.8) is 0 Å². The summed E-state index contributed by atoms with van der Waals surface area (Å²) in [6.45, 7) is 3.55. The molecule has 0 atom stereocenters. The molecule has 12 nitrogen and oxygen atoms in total. The van der Waals surface area contributed by atoms with Crippen LogP contribution >= 0.6 is 0 Å². The molecule has 2 aromatic rings. The molecule has 1 aromatic heterocycles. The largest absolute Gasteiger partial charge is 0.483 e. The number of nitrogens with zero attached hydrogens (tertiary/aromatic N) is 4. The Morgan fingerprint density at radius 2 is 1.83 bits per heavy atom. The van der Waals surface area contributed by atoms with E-state index in [0.717, 1.165) is 6.07 Å². The Morgan fingerprint density at radius 1 is 1.17 bits per heavy atom. The summed E-state index contributed by atoms with van der Waals surface area (Å²) in [5.41, 5.74) is -0.400. The van der Waals surface area contributed by atoms with Crippen LogP contribution in [0, 0.1) is 31.6 Å². The lowest BCUT2D eigenvalue weighted by Crippen LogP contribution is -2.32. The average Bonchev–Trinajstić information content (AvgIpc) is 2.65. The number of ether oxygens (including phenoxy) is 1. The molecule has 0 radical (unpaired) electrons. The molecule has 30 heavy (non-hydrogen) atoms. The smallest absolute Gasteiger partial charge is 0.297 e. The SMILES string of the molecule is CC1(C)C=C(n2ccc(C(O[N+](=O)[O-])O[N+](=O)[O-])cc2=O)c2cc(C#N)ccc2O1. The molecule has 2 heterocycles. The molecule has 1 aromatic carbocycles. The van der Waals surface area contributed by atoms with Crippen LogP contribution in [0.25, 0.3) is 5.70 Å². The fourth-order valence-electron chi connectivity index (χ4n) is 2.95. The fraction of sp³-hybridized carbons (Fsp3) is 0.222. The van der Waals surface area contributed by atoms with Gasteiger partial charge in [-0.25, -0.2) is 0 Å². The second-order valence-electron chi connectivity index (χ2n) is 6.72. The zero-order chi connectivity index (χ0) is 22.1. The lowest BCUT2D eigenvalue weighted by atomic mass is 9.97. The summed E-state index contributed by atoms with van der Waals surface area (Å²) in [5.74, 6) is 0.457. The van der Waals surface area contributed by atoms with Gasteiger partial charge in [0.15, 0.2) is 0 Å². The van der Waals surface area contributed by atoms with E-state index in [0.29, 0.717) is 22.6 Å². The zero-order valence-electron chi connectivity index (χ0n) is 15.7. The number of rotatable bonds is 6. The van der Waals surface area contributed by atoms with Gasteiger partial charge in [0.2, 0.25) is 0 Å². The third-order valence-electron chi connectivity index (χ3n) is 4.08.